The van der Waals surface area contributed by atoms with Gasteiger partial charge in [0.15, 0.2) is 0 Å². The van der Waals surface area contributed by atoms with Gasteiger partial charge in [0.1, 0.15) is 0 Å². The van der Waals surface area contributed by atoms with E-state index in [2.05, 4.69) is 0 Å². The lowest BCUT2D eigenvalue weighted by atomic mass is 9.84. The summed E-state index contributed by atoms with van der Waals surface area (Å²) in [6.45, 7) is 8.90. The van der Waals surface area contributed by atoms with E-state index in [1.165, 1.54) is 0 Å². The molecule has 0 spiro atoms. The fraction of sp³-hybridized carbons (Fsp3) is 0.538. The molecule has 15 heavy (non-hydrogen) atoms. The number of aryl methyl sites for hydroxylation is 1. The minimum Gasteiger partial charge on any atom is -0.386 e. The van der Waals surface area contributed by atoms with Gasteiger partial charge in [-0.05, 0) is 45.7 Å². The van der Waals surface area contributed by atoms with Crippen LogP contribution in [-0.2, 0) is 11.2 Å². The van der Waals surface area contributed by atoms with E-state index in [0.29, 0.717) is 0 Å². The Morgan fingerprint density at radius 2 is 1.33 bits per heavy atom. The molecule has 84 valence electrons. The first-order valence-electron chi connectivity index (χ1n) is 5.19. The van der Waals surface area contributed by atoms with Crippen LogP contribution >= 0.6 is 0 Å². The second kappa shape index (κ2) is 3.62. The Balaban J connectivity index is 3.41. The van der Waals surface area contributed by atoms with E-state index in [4.69, 9.17) is 0 Å². The number of hydrogen-bond acceptors (Lipinski definition) is 2. The largest absolute Gasteiger partial charge is 0.386 e. The van der Waals surface area contributed by atoms with Gasteiger partial charge in [0.2, 0.25) is 0 Å². The quantitative estimate of drug-likeness (QED) is 0.783. The summed E-state index contributed by atoms with van der Waals surface area (Å²) in [6.07, 6.45) is 0. The molecule has 0 saturated heterocycles. The number of rotatable bonds is 2. The third-order valence-corrected chi connectivity index (χ3v) is 2.49. The maximum Gasteiger partial charge on any atom is 0.0844 e. The summed E-state index contributed by atoms with van der Waals surface area (Å²) < 4.78 is 0. The summed E-state index contributed by atoms with van der Waals surface area (Å²) >= 11 is 0. The minimum absolute atomic E-state index is 0.778. The molecule has 0 atom stereocenters. The van der Waals surface area contributed by atoms with Gasteiger partial charge in [-0.2, -0.15) is 0 Å². The Morgan fingerprint density at radius 3 is 1.73 bits per heavy atom. The van der Waals surface area contributed by atoms with E-state index < -0.39 is 11.2 Å². The summed E-state index contributed by atoms with van der Waals surface area (Å²) in [4.78, 5) is 0. The van der Waals surface area contributed by atoms with Crippen molar-refractivity contribution in [2.24, 2.45) is 0 Å². The highest BCUT2D eigenvalue weighted by atomic mass is 16.3. The average Bonchev–Trinajstić information content (AvgIpc) is 2.00. The summed E-state index contributed by atoms with van der Waals surface area (Å²) in [7, 11) is 0. The van der Waals surface area contributed by atoms with Crippen molar-refractivity contribution in [2.45, 2.75) is 45.8 Å². The lowest BCUT2D eigenvalue weighted by Crippen LogP contribution is -2.25. The predicted octanol–water partition coefficient (Wildman–Crippen LogP) is 2.45. The molecular weight excluding hydrogens is 188 g/mol. The summed E-state index contributed by atoms with van der Waals surface area (Å²) in [6, 6.07) is 5.75. The van der Waals surface area contributed by atoms with Gasteiger partial charge in [-0.1, -0.05) is 23.8 Å². The highest BCUT2D eigenvalue weighted by molar-refractivity contribution is 5.38. The zero-order valence-corrected chi connectivity index (χ0v) is 10.1. The van der Waals surface area contributed by atoms with Crippen molar-refractivity contribution in [3.8, 4) is 0 Å². The van der Waals surface area contributed by atoms with Crippen LogP contribution in [0.4, 0.5) is 0 Å². The molecule has 2 heteroatoms. The van der Waals surface area contributed by atoms with Crippen molar-refractivity contribution < 1.29 is 10.2 Å². The molecule has 0 aromatic heterocycles. The third kappa shape index (κ3) is 2.80. The molecule has 0 radical (unpaired) electrons. The van der Waals surface area contributed by atoms with Crippen molar-refractivity contribution in [3.05, 3.63) is 34.9 Å². The standard InChI is InChI=1S/C13H20O2/c1-9-6-7-10(12(2,3)14)11(8-9)13(4,5)15/h6-8,14-15H,1-5H3. The van der Waals surface area contributed by atoms with Gasteiger partial charge in [-0.3, -0.25) is 0 Å². The monoisotopic (exact) mass is 208 g/mol. The molecule has 0 amide bonds. The molecule has 0 saturated carbocycles. The van der Waals surface area contributed by atoms with E-state index in [1.807, 2.05) is 25.1 Å². The van der Waals surface area contributed by atoms with E-state index in [0.717, 1.165) is 16.7 Å². The van der Waals surface area contributed by atoms with Crippen molar-refractivity contribution in [2.75, 3.05) is 0 Å². The Bertz CT molecular complexity index is 354. The lowest BCUT2D eigenvalue weighted by molar-refractivity contribution is 0.0524. The van der Waals surface area contributed by atoms with Gasteiger partial charge < -0.3 is 10.2 Å². The third-order valence-electron chi connectivity index (χ3n) is 2.49. The molecule has 0 aliphatic heterocycles. The molecule has 0 aliphatic rings. The highest BCUT2D eigenvalue weighted by Gasteiger charge is 2.27. The molecule has 0 fully saturated rings. The van der Waals surface area contributed by atoms with Gasteiger partial charge in [0, 0.05) is 0 Å². The first-order chi connectivity index (χ1) is 6.62. The normalized spacial score (nSPS) is 13.0. The van der Waals surface area contributed by atoms with Crippen molar-refractivity contribution in [3.63, 3.8) is 0 Å². The smallest absolute Gasteiger partial charge is 0.0844 e. The molecule has 0 heterocycles. The fourth-order valence-electron chi connectivity index (χ4n) is 1.70. The molecule has 2 N–H and O–H groups in total. The Kier molecular flexibility index (Phi) is 2.94. The van der Waals surface area contributed by atoms with E-state index in [-0.39, 0.29) is 0 Å². The van der Waals surface area contributed by atoms with Crippen LogP contribution in [0.5, 0.6) is 0 Å². The molecular formula is C13H20O2. The van der Waals surface area contributed by atoms with Gasteiger partial charge in [0.25, 0.3) is 0 Å². The van der Waals surface area contributed by atoms with Crippen molar-refractivity contribution >= 4 is 0 Å². The number of benzene rings is 1. The minimum atomic E-state index is -0.929. The summed E-state index contributed by atoms with van der Waals surface area (Å²) in [5.41, 5.74) is 0.792. The van der Waals surface area contributed by atoms with Crippen LogP contribution in [0.1, 0.15) is 44.4 Å². The van der Waals surface area contributed by atoms with Gasteiger partial charge in [-0.15, -0.1) is 0 Å². The van der Waals surface area contributed by atoms with E-state index in [1.54, 1.807) is 27.7 Å². The van der Waals surface area contributed by atoms with Crippen LogP contribution in [0, 0.1) is 6.92 Å². The second-order valence-electron chi connectivity index (χ2n) is 5.17. The van der Waals surface area contributed by atoms with Crippen molar-refractivity contribution in [1.82, 2.24) is 0 Å². The highest BCUT2D eigenvalue weighted by Crippen LogP contribution is 2.31. The molecule has 1 aromatic rings. The summed E-state index contributed by atoms with van der Waals surface area (Å²) in [5.74, 6) is 0. The van der Waals surface area contributed by atoms with Crippen LogP contribution < -0.4 is 0 Å². The van der Waals surface area contributed by atoms with Gasteiger partial charge in [-0.25, -0.2) is 0 Å². The van der Waals surface area contributed by atoms with Crippen LogP contribution in [-0.4, -0.2) is 10.2 Å². The molecule has 0 bridgehead atoms. The SMILES string of the molecule is Cc1ccc(C(C)(C)O)c(C(C)(C)O)c1. The predicted molar refractivity (Wildman–Crippen MR) is 61.7 cm³/mol. The lowest BCUT2D eigenvalue weighted by Gasteiger charge is -2.28. The Hall–Kier alpha value is -0.860. The Morgan fingerprint density at radius 1 is 0.867 bits per heavy atom. The fourth-order valence-corrected chi connectivity index (χ4v) is 1.70. The number of hydrogen-bond donors (Lipinski definition) is 2. The molecule has 1 aromatic carbocycles. The maximum absolute atomic E-state index is 10.0. The van der Waals surface area contributed by atoms with Crippen LogP contribution in [0.15, 0.2) is 18.2 Å². The van der Waals surface area contributed by atoms with Crippen LogP contribution in [0.2, 0.25) is 0 Å². The molecule has 1 rings (SSSR count). The van der Waals surface area contributed by atoms with Crippen molar-refractivity contribution in [1.29, 1.82) is 0 Å². The first-order valence-corrected chi connectivity index (χ1v) is 5.19. The average molecular weight is 208 g/mol. The molecule has 0 aliphatic carbocycles. The van der Waals surface area contributed by atoms with Gasteiger partial charge in [0.05, 0.1) is 11.2 Å². The topological polar surface area (TPSA) is 40.5 Å². The summed E-state index contributed by atoms with van der Waals surface area (Å²) in [5, 5.41) is 20.1. The number of aliphatic hydroxyl groups is 2. The second-order valence-corrected chi connectivity index (χ2v) is 5.17. The maximum atomic E-state index is 10.0. The zero-order valence-electron chi connectivity index (χ0n) is 10.1. The van der Waals surface area contributed by atoms with E-state index in [9.17, 15) is 10.2 Å². The van der Waals surface area contributed by atoms with Crippen LogP contribution in [0.3, 0.4) is 0 Å². The Labute approximate surface area is 91.6 Å². The van der Waals surface area contributed by atoms with Gasteiger partial charge >= 0.3 is 0 Å². The van der Waals surface area contributed by atoms with E-state index >= 15 is 0 Å². The first kappa shape index (κ1) is 12.2. The molecule has 2 nitrogen and oxygen atoms in total. The van der Waals surface area contributed by atoms with Crippen LogP contribution in [0.25, 0.3) is 0 Å². The zero-order chi connectivity index (χ0) is 11.9. The molecule has 0 unspecified atom stereocenters.